The molecule has 282 valence electrons. The molecule has 5 heteroatoms. The average molecular weight is 803 g/mol. The molecule has 3 nitrogen and oxygen atoms in total. The third kappa shape index (κ3) is 5.90. The molecule has 3 heterocycles. The van der Waals surface area contributed by atoms with Crippen molar-refractivity contribution in [1.82, 2.24) is 4.98 Å². The Morgan fingerprint density at radius 1 is 0.383 bits per heavy atom. The highest BCUT2D eigenvalue weighted by molar-refractivity contribution is 7.26. The number of thiophene rings is 1. The number of rotatable bonds is 7. The van der Waals surface area contributed by atoms with E-state index >= 15 is 0 Å². The van der Waals surface area contributed by atoms with Gasteiger partial charge in [-0.1, -0.05) is 140 Å². The Morgan fingerprint density at radius 2 is 0.950 bits per heavy atom. The molecule has 12 rings (SSSR count). The van der Waals surface area contributed by atoms with Gasteiger partial charge in [0.25, 0.3) is 0 Å². The van der Waals surface area contributed by atoms with Gasteiger partial charge in [-0.15, -0.1) is 22.7 Å². The van der Waals surface area contributed by atoms with E-state index in [-0.39, 0.29) is 0 Å². The van der Waals surface area contributed by atoms with Crippen LogP contribution in [0.5, 0.6) is 0 Å². The van der Waals surface area contributed by atoms with Crippen molar-refractivity contribution < 1.29 is 4.42 Å². The van der Waals surface area contributed by atoms with Gasteiger partial charge >= 0.3 is 0 Å². The van der Waals surface area contributed by atoms with Gasteiger partial charge < -0.3 is 9.32 Å². The van der Waals surface area contributed by atoms with E-state index in [4.69, 9.17) is 9.40 Å². The molecule has 0 unspecified atom stereocenters. The molecule has 0 fully saturated rings. The second-order valence-corrected chi connectivity index (χ2v) is 17.2. The number of hydrogen-bond acceptors (Lipinski definition) is 5. The Morgan fingerprint density at radius 3 is 1.67 bits per heavy atom. The fourth-order valence-electron chi connectivity index (χ4n) is 8.59. The molecule has 0 N–H and O–H groups in total. The summed E-state index contributed by atoms with van der Waals surface area (Å²) in [5.41, 5.74) is 14.2. The predicted octanol–water partition coefficient (Wildman–Crippen LogP) is 16.7. The molecular formula is C55H34N2OS2. The lowest BCUT2D eigenvalue weighted by molar-refractivity contribution is 0.669. The minimum Gasteiger partial charge on any atom is -0.456 e. The zero-order valence-corrected chi connectivity index (χ0v) is 33.9. The highest BCUT2D eigenvalue weighted by Gasteiger charge is 2.18. The summed E-state index contributed by atoms with van der Waals surface area (Å²) in [7, 11) is 0. The Balaban J connectivity index is 0.926. The number of anilines is 3. The van der Waals surface area contributed by atoms with Crippen LogP contribution in [-0.2, 0) is 0 Å². The van der Waals surface area contributed by atoms with Crippen LogP contribution >= 0.6 is 22.7 Å². The first-order chi connectivity index (χ1) is 29.7. The Bertz CT molecular complexity index is 3510. The van der Waals surface area contributed by atoms with E-state index in [9.17, 15) is 0 Å². The summed E-state index contributed by atoms with van der Waals surface area (Å²) in [4.78, 5) is 7.49. The van der Waals surface area contributed by atoms with Crippen molar-refractivity contribution >= 4 is 92.1 Å². The van der Waals surface area contributed by atoms with Crippen LogP contribution in [0, 0.1) is 0 Å². The second-order valence-electron chi connectivity index (χ2n) is 15.1. The molecule has 0 amide bonds. The number of hydrogen-bond donors (Lipinski definition) is 0. The van der Waals surface area contributed by atoms with Gasteiger partial charge in [0.2, 0.25) is 0 Å². The molecule has 9 aromatic carbocycles. The number of furan rings is 1. The first kappa shape index (κ1) is 34.7. The number of aromatic nitrogens is 1. The van der Waals surface area contributed by atoms with E-state index in [1.807, 2.05) is 17.4 Å². The second kappa shape index (κ2) is 14.2. The van der Waals surface area contributed by atoms with E-state index in [1.165, 1.54) is 42.4 Å². The maximum Gasteiger partial charge on any atom is 0.137 e. The van der Waals surface area contributed by atoms with Crippen molar-refractivity contribution in [1.29, 1.82) is 0 Å². The molecule has 0 saturated carbocycles. The van der Waals surface area contributed by atoms with Crippen LogP contribution in [-0.4, -0.2) is 4.98 Å². The monoisotopic (exact) mass is 802 g/mol. The minimum atomic E-state index is 0.857. The van der Waals surface area contributed by atoms with Gasteiger partial charge in [0.05, 0.1) is 15.6 Å². The maximum absolute atomic E-state index is 6.38. The summed E-state index contributed by atoms with van der Waals surface area (Å²) in [5, 5.41) is 5.79. The Labute approximate surface area is 354 Å². The third-order valence-electron chi connectivity index (χ3n) is 11.5. The predicted molar refractivity (Wildman–Crippen MR) is 256 cm³/mol. The first-order valence-corrected chi connectivity index (χ1v) is 21.7. The molecule has 0 aliphatic rings. The third-order valence-corrected chi connectivity index (χ3v) is 13.8. The Hall–Kier alpha value is -7.31. The van der Waals surface area contributed by atoms with Crippen LogP contribution in [0.15, 0.2) is 211 Å². The molecule has 0 aliphatic heterocycles. The summed E-state index contributed by atoms with van der Waals surface area (Å²) in [5.74, 6) is 0. The average Bonchev–Trinajstić information content (AvgIpc) is 4.04. The molecular weight excluding hydrogens is 769 g/mol. The highest BCUT2D eigenvalue weighted by atomic mass is 32.1. The summed E-state index contributed by atoms with van der Waals surface area (Å²) >= 11 is 3.59. The van der Waals surface area contributed by atoms with Gasteiger partial charge in [0.15, 0.2) is 0 Å². The van der Waals surface area contributed by atoms with Crippen LogP contribution in [0.4, 0.5) is 17.1 Å². The van der Waals surface area contributed by atoms with Gasteiger partial charge in [-0.2, -0.15) is 0 Å². The smallest absolute Gasteiger partial charge is 0.137 e. The summed E-state index contributed by atoms with van der Waals surface area (Å²) < 4.78 is 10.2. The van der Waals surface area contributed by atoms with Gasteiger partial charge in [0.1, 0.15) is 16.2 Å². The zero-order valence-electron chi connectivity index (χ0n) is 32.2. The number of nitrogens with zero attached hydrogens (tertiary/aromatic N) is 2. The highest BCUT2D eigenvalue weighted by Crippen LogP contribution is 2.43. The topological polar surface area (TPSA) is 29.3 Å². The van der Waals surface area contributed by atoms with E-state index in [2.05, 4.69) is 205 Å². The van der Waals surface area contributed by atoms with Crippen LogP contribution in [0.2, 0.25) is 0 Å². The summed E-state index contributed by atoms with van der Waals surface area (Å²) in [6.45, 7) is 0. The fraction of sp³-hybridized carbons (Fsp3) is 0. The van der Waals surface area contributed by atoms with Crippen molar-refractivity contribution in [3.8, 4) is 44.0 Å². The van der Waals surface area contributed by atoms with Gasteiger partial charge in [-0.05, 0) is 100 Å². The van der Waals surface area contributed by atoms with Gasteiger partial charge in [-0.25, -0.2) is 4.98 Å². The number of benzene rings is 9. The normalized spacial score (nSPS) is 11.7. The van der Waals surface area contributed by atoms with Gasteiger partial charge in [-0.3, -0.25) is 0 Å². The molecule has 0 atom stereocenters. The van der Waals surface area contributed by atoms with Crippen molar-refractivity contribution in [2.45, 2.75) is 0 Å². The van der Waals surface area contributed by atoms with Gasteiger partial charge in [0, 0.05) is 48.2 Å². The molecule has 0 saturated heterocycles. The summed E-state index contributed by atoms with van der Waals surface area (Å²) in [6, 6.07) is 73.9. The fourth-order valence-corrected chi connectivity index (χ4v) is 10.8. The van der Waals surface area contributed by atoms with E-state index in [0.29, 0.717) is 0 Å². The lowest BCUT2D eigenvalue weighted by Crippen LogP contribution is -2.09. The SMILES string of the molecule is c1ccc(-c2ccc(N(c3ccc(-c4ccc5oc6ccc7sc(-c8ccccc8)nc7c6c5c4)cc3)c3ccc(-c4cccc5c4sc4ccccc45)cc3)cc2)cc1. The van der Waals surface area contributed by atoms with Crippen molar-refractivity contribution in [3.63, 3.8) is 0 Å². The largest absolute Gasteiger partial charge is 0.456 e. The van der Waals surface area contributed by atoms with Crippen molar-refractivity contribution in [2.24, 2.45) is 0 Å². The molecule has 60 heavy (non-hydrogen) atoms. The van der Waals surface area contributed by atoms with Crippen LogP contribution in [0.25, 0.3) is 96.3 Å². The van der Waals surface area contributed by atoms with E-state index in [1.54, 1.807) is 11.3 Å². The van der Waals surface area contributed by atoms with E-state index in [0.717, 1.165) is 70.9 Å². The molecule has 0 bridgehead atoms. The zero-order chi connectivity index (χ0) is 39.6. The van der Waals surface area contributed by atoms with Crippen LogP contribution in [0.3, 0.4) is 0 Å². The number of fused-ring (bicyclic) bond motifs is 8. The minimum absolute atomic E-state index is 0.857. The molecule has 0 radical (unpaired) electrons. The molecule has 0 aliphatic carbocycles. The quantitative estimate of drug-likeness (QED) is 0.161. The standard InChI is InChI=1S/C55H34N2OS2/c1-3-10-35(11-4-1)36-18-25-41(26-19-36)57(43-29-22-38(23-30-43)44-15-9-16-46-45-14-7-8-17-50(45)59-54(44)46)42-27-20-37(21-28-42)40-24-31-48-47(34-40)52-49(58-48)32-33-51-53(52)56-55(60-51)39-12-5-2-6-13-39/h1-34H. The van der Waals surface area contributed by atoms with E-state index < -0.39 is 0 Å². The summed E-state index contributed by atoms with van der Waals surface area (Å²) in [6.07, 6.45) is 0. The lowest BCUT2D eigenvalue weighted by atomic mass is 10.0. The molecule has 12 aromatic rings. The molecule has 0 spiro atoms. The van der Waals surface area contributed by atoms with Crippen LogP contribution in [0.1, 0.15) is 0 Å². The Kier molecular flexibility index (Phi) is 8.22. The lowest BCUT2D eigenvalue weighted by Gasteiger charge is -2.26. The maximum atomic E-state index is 6.38. The number of thiazole rings is 1. The van der Waals surface area contributed by atoms with Crippen molar-refractivity contribution in [3.05, 3.63) is 206 Å². The van der Waals surface area contributed by atoms with Crippen LogP contribution < -0.4 is 4.90 Å². The first-order valence-electron chi connectivity index (χ1n) is 20.1. The molecule has 3 aromatic heterocycles. The van der Waals surface area contributed by atoms with Crippen molar-refractivity contribution in [2.75, 3.05) is 4.90 Å².